The van der Waals surface area contributed by atoms with E-state index in [9.17, 15) is 9.59 Å². The summed E-state index contributed by atoms with van der Waals surface area (Å²) in [6.07, 6.45) is 4.06. The number of ketones is 2. The lowest BCUT2D eigenvalue weighted by atomic mass is 9.72. The van der Waals surface area contributed by atoms with Crippen LogP contribution in [0.3, 0.4) is 0 Å². The fourth-order valence-corrected chi connectivity index (χ4v) is 3.16. The SMILES string of the molecule is C=CCC(CCCC(=O)C(C)C)OC(C)(C)C(C)(C)C(=O)C(C)OC(C)(C)C. The Labute approximate surface area is 173 Å². The molecule has 0 N–H and O–H groups in total. The van der Waals surface area contributed by atoms with Crippen LogP contribution >= 0.6 is 0 Å². The average molecular weight is 397 g/mol. The van der Waals surface area contributed by atoms with E-state index in [1.54, 1.807) is 0 Å². The molecule has 0 aromatic heterocycles. The molecular formula is C24H44O4. The predicted molar refractivity (Wildman–Crippen MR) is 117 cm³/mol. The van der Waals surface area contributed by atoms with Gasteiger partial charge in [-0.25, -0.2) is 0 Å². The summed E-state index contributed by atoms with van der Waals surface area (Å²) >= 11 is 0. The molecule has 2 unspecified atom stereocenters. The summed E-state index contributed by atoms with van der Waals surface area (Å²) in [6, 6.07) is 0. The highest BCUT2D eigenvalue weighted by molar-refractivity contribution is 5.89. The van der Waals surface area contributed by atoms with Crippen LogP contribution in [0.25, 0.3) is 0 Å². The minimum Gasteiger partial charge on any atom is -0.371 e. The van der Waals surface area contributed by atoms with Gasteiger partial charge in [-0.3, -0.25) is 9.59 Å². The van der Waals surface area contributed by atoms with Gasteiger partial charge < -0.3 is 9.47 Å². The Morgan fingerprint density at radius 3 is 1.93 bits per heavy atom. The standard InChI is InChI=1S/C24H44O4/c1-12-14-19(15-13-16-20(25)17(2)3)28-24(10,11)23(8,9)21(26)18(4)27-22(5,6)7/h12,17-19H,1,13-16H2,2-11H3. The highest BCUT2D eigenvalue weighted by Crippen LogP contribution is 2.38. The van der Waals surface area contributed by atoms with Crippen LogP contribution in [-0.4, -0.2) is 35.0 Å². The van der Waals surface area contributed by atoms with Crippen molar-refractivity contribution in [3.8, 4) is 0 Å². The highest BCUT2D eigenvalue weighted by atomic mass is 16.5. The van der Waals surface area contributed by atoms with Crippen LogP contribution in [-0.2, 0) is 19.1 Å². The molecule has 164 valence electrons. The maximum atomic E-state index is 13.1. The minimum absolute atomic E-state index is 0.0276. The van der Waals surface area contributed by atoms with Crippen molar-refractivity contribution in [3.05, 3.63) is 12.7 Å². The second kappa shape index (κ2) is 10.7. The predicted octanol–water partition coefficient (Wildman–Crippen LogP) is 5.92. The molecule has 0 radical (unpaired) electrons. The number of carbonyl (C=O) groups is 2. The molecule has 2 atom stereocenters. The van der Waals surface area contributed by atoms with Gasteiger partial charge >= 0.3 is 0 Å². The van der Waals surface area contributed by atoms with Gasteiger partial charge in [0, 0.05) is 12.3 Å². The summed E-state index contributed by atoms with van der Waals surface area (Å²) in [5.41, 5.74) is -1.80. The molecule has 0 aliphatic carbocycles. The number of hydrogen-bond donors (Lipinski definition) is 0. The molecule has 0 aromatic rings. The van der Waals surface area contributed by atoms with Crippen molar-refractivity contribution in [2.24, 2.45) is 11.3 Å². The third-order valence-electron chi connectivity index (χ3n) is 5.50. The number of hydrogen-bond acceptors (Lipinski definition) is 4. The highest BCUT2D eigenvalue weighted by Gasteiger charge is 2.47. The van der Waals surface area contributed by atoms with Gasteiger partial charge in [0.1, 0.15) is 11.9 Å². The normalized spacial score (nSPS) is 15.4. The lowest BCUT2D eigenvalue weighted by molar-refractivity contribution is -0.175. The molecule has 0 amide bonds. The summed E-state index contributed by atoms with van der Waals surface area (Å²) in [4.78, 5) is 25.0. The first-order valence-corrected chi connectivity index (χ1v) is 10.6. The van der Waals surface area contributed by atoms with E-state index in [-0.39, 0.29) is 29.2 Å². The quantitative estimate of drug-likeness (QED) is 0.363. The molecule has 0 saturated carbocycles. The number of ether oxygens (including phenoxy) is 2. The molecule has 28 heavy (non-hydrogen) atoms. The van der Waals surface area contributed by atoms with Crippen LogP contribution in [0.15, 0.2) is 12.7 Å². The van der Waals surface area contributed by atoms with Crippen molar-refractivity contribution in [2.75, 3.05) is 0 Å². The third-order valence-corrected chi connectivity index (χ3v) is 5.50. The van der Waals surface area contributed by atoms with Crippen LogP contribution in [0.4, 0.5) is 0 Å². The molecule has 4 heteroatoms. The molecule has 0 bridgehead atoms. The molecule has 0 heterocycles. The van der Waals surface area contributed by atoms with E-state index in [0.29, 0.717) is 12.8 Å². The summed E-state index contributed by atoms with van der Waals surface area (Å²) in [6.45, 7) is 23.1. The first kappa shape index (κ1) is 27.0. The molecule has 0 aliphatic rings. The summed E-state index contributed by atoms with van der Waals surface area (Å²) in [5.74, 6) is 0.371. The molecule has 0 saturated heterocycles. The Balaban J connectivity index is 5.15. The van der Waals surface area contributed by atoms with Crippen molar-refractivity contribution >= 4 is 11.6 Å². The number of carbonyl (C=O) groups excluding carboxylic acids is 2. The lowest BCUT2D eigenvalue weighted by Gasteiger charge is -2.44. The lowest BCUT2D eigenvalue weighted by Crippen LogP contribution is -2.52. The summed E-state index contributed by atoms with van der Waals surface area (Å²) in [5, 5.41) is 0. The zero-order valence-electron chi connectivity index (χ0n) is 20.0. The summed E-state index contributed by atoms with van der Waals surface area (Å²) in [7, 11) is 0. The van der Waals surface area contributed by atoms with Crippen molar-refractivity contribution in [1.82, 2.24) is 0 Å². The van der Waals surface area contributed by atoms with Gasteiger partial charge in [-0.15, -0.1) is 6.58 Å². The van der Waals surface area contributed by atoms with Gasteiger partial charge in [0.15, 0.2) is 5.78 Å². The third kappa shape index (κ3) is 8.57. The van der Waals surface area contributed by atoms with Crippen molar-refractivity contribution in [3.63, 3.8) is 0 Å². The smallest absolute Gasteiger partial charge is 0.169 e. The van der Waals surface area contributed by atoms with Crippen molar-refractivity contribution < 1.29 is 19.1 Å². The number of Topliss-reactive ketones (excluding diaryl/α,β-unsaturated/α-hetero) is 2. The largest absolute Gasteiger partial charge is 0.371 e. The topological polar surface area (TPSA) is 52.6 Å². The van der Waals surface area contributed by atoms with Crippen LogP contribution in [0.1, 0.15) is 94.9 Å². The van der Waals surface area contributed by atoms with Gasteiger partial charge in [-0.2, -0.15) is 0 Å². The second-order valence-electron chi connectivity index (χ2n) is 10.1. The Bertz CT molecular complexity index is 523. The average Bonchev–Trinajstić information content (AvgIpc) is 2.51. The minimum atomic E-state index is -0.731. The van der Waals surface area contributed by atoms with Crippen LogP contribution in [0.2, 0.25) is 0 Å². The van der Waals surface area contributed by atoms with E-state index < -0.39 is 17.1 Å². The van der Waals surface area contributed by atoms with Crippen LogP contribution in [0.5, 0.6) is 0 Å². The Hall–Kier alpha value is -1.00. The zero-order chi connectivity index (χ0) is 22.3. The van der Waals surface area contributed by atoms with E-state index >= 15 is 0 Å². The Morgan fingerprint density at radius 1 is 0.964 bits per heavy atom. The van der Waals surface area contributed by atoms with Gasteiger partial charge in [-0.05, 0) is 60.8 Å². The first-order chi connectivity index (χ1) is 12.5. The fourth-order valence-electron chi connectivity index (χ4n) is 3.16. The van der Waals surface area contributed by atoms with Gasteiger partial charge in [0.25, 0.3) is 0 Å². The Morgan fingerprint density at radius 2 is 1.50 bits per heavy atom. The van der Waals surface area contributed by atoms with E-state index in [1.165, 1.54) is 0 Å². The maximum Gasteiger partial charge on any atom is 0.169 e. The van der Waals surface area contributed by atoms with Crippen molar-refractivity contribution in [1.29, 1.82) is 0 Å². The Kier molecular flexibility index (Phi) is 10.3. The molecule has 0 spiro atoms. The van der Waals surface area contributed by atoms with E-state index in [0.717, 1.165) is 12.8 Å². The number of rotatable bonds is 13. The van der Waals surface area contributed by atoms with E-state index in [1.807, 2.05) is 75.3 Å². The van der Waals surface area contributed by atoms with Gasteiger partial charge in [0.05, 0.1) is 22.7 Å². The van der Waals surface area contributed by atoms with E-state index in [2.05, 4.69) is 6.58 Å². The molecular weight excluding hydrogens is 352 g/mol. The van der Waals surface area contributed by atoms with E-state index in [4.69, 9.17) is 9.47 Å². The molecule has 0 fully saturated rings. The summed E-state index contributed by atoms with van der Waals surface area (Å²) < 4.78 is 12.3. The monoisotopic (exact) mass is 396 g/mol. The molecule has 0 aliphatic heterocycles. The van der Waals surface area contributed by atoms with Gasteiger partial charge in [-0.1, -0.05) is 33.8 Å². The molecule has 4 nitrogen and oxygen atoms in total. The fraction of sp³-hybridized carbons (Fsp3) is 0.833. The first-order valence-electron chi connectivity index (χ1n) is 10.6. The van der Waals surface area contributed by atoms with Crippen LogP contribution < -0.4 is 0 Å². The molecule has 0 aromatic carbocycles. The second-order valence-corrected chi connectivity index (χ2v) is 10.1. The maximum absolute atomic E-state index is 13.1. The zero-order valence-corrected chi connectivity index (χ0v) is 20.0. The molecule has 0 rings (SSSR count). The van der Waals surface area contributed by atoms with Crippen LogP contribution in [0, 0.1) is 11.3 Å². The van der Waals surface area contributed by atoms with Crippen molar-refractivity contribution in [2.45, 2.75) is 118 Å². The van der Waals surface area contributed by atoms with Gasteiger partial charge in [0.2, 0.25) is 0 Å².